The Morgan fingerprint density at radius 3 is 2.35 bits per heavy atom. The minimum Gasteiger partial charge on any atom is -0.462 e. The lowest BCUT2D eigenvalue weighted by molar-refractivity contribution is 0.0526. The highest BCUT2D eigenvalue weighted by Crippen LogP contribution is 2.23. The summed E-state index contributed by atoms with van der Waals surface area (Å²) in [5, 5.41) is 0. The Balaban J connectivity index is 1.70. The summed E-state index contributed by atoms with van der Waals surface area (Å²) in [6.07, 6.45) is 3.13. The van der Waals surface area contributed by atoms with Crippen LogP contribution in [-0.2, 0) is 4.74 Å². The number of carbonyl (C=O) groups is 2. The average molecular weight is 346 g/mol. The van der Waals surface area contributed by atoms with Crippen LogP contribution in [0.5, 0.6) is 0 Å². The van der Waals surface area contributed by atoms with Crippen LogP contribution in [0.4, 0.5) is 0 Å². The van der Waals surface area contributed by atoms with E-state index in [4.69, 9.17) is 9.15 Å². The Morgan fingerprint density at radius 2 is 1.65 bits per heavy atom. The smallest absolute Gasteiger partial charge is 0.338 e. The molecule has 0 amide bonds. The summed E-state index contributed by atoms with van der Waals surface area (Å²) in [4.78, 5) is 23.8. The molecular formula is C22H18O4. The van der Waals surface area contributed by atoms with E-state index >= 15 is 0 Å². The number of allylic oxidation sites excluding steroid dienone is 1. The zero-order chi connectivity index (χ0) is 18.4. The molecule has 1 heterocycles. The SMILES string of the molecule is CCOC(=O)c1ccc(-c2ccc(/C=C/C(=O)c3ccccc3)o2)cc1. The highest BCUT2D eigenvalue weighted by Gasteiger charge is 2.08. The predicted octanol–water partition coefficient (Wildman–Crippen LogP) is 5.02. The molecule has 0 saturated carbocycles. The molecule has 0 N–H and O–H groups in total. The third-order valence-electron chi connectivity index (χ3n) is 3.76. The van der Waals surface area contributed by atoms with Gasteiger partial charge in [0.05, 0.1) is 12.2 Å². The number of rotatable bonds is 6. The molecule has 0 saturated heterocycles. The third kappa shape index (κ3) is 4.16. The van der Waals surface area contributed by atoms with Crippen molar-refractivity contribution in [2.24, 2.45) is 0 Å². The van der Waals surface area contributed by atoms with E-state index in [1.165, 1.54) is 6.08 Å². The van der Waals surface area contributed by atoms with E-state index in [-0.39, 0.29) is 11.8 Å². The number of carbonyl (C=O) groups excluding carboxylic acids is 2. The topological polar surface area (TPSA) is 56.5 Å². The first-order valence-electron chi connectivity index (χ1n) is 8.32. The fourth-order valence-electron chi connectivity index (χ4n) is 2.44. The number of hydrogen-bond donors (Lipinski definition) is 0. The number of ether oxygens (including phenoxy) is 1. The van der Waals surface area contributed by atoms with E-state index in [9.17, 15) is 9.59 Å². The highest BCUT2D eigenvalue weighted by molar-refractivity contribution is 6.06. The van der Waals surface area contributed by atoms with Gasteiger partial charge in [0.1, 0.15) is 11.5 Å². The summed E-state index contributed by atoms with van der Waals surface area (Å²) in [6, 6.07) is 19.7. The summed E-state index contributed by atoms with van der Waals surface area (Å²) < 4.78 is 10.7. The quantitative estimate of drug-likeness (QED) is 0.357. The van der Waals surface area contributed by atoms with Crippen molar-refractivity contribution < 1.29 is 18.7 Å². The van der Waals surface area contributed by atoms with Gasteiger partial charge in [-0.3, -0.25) is 4.79 Å². The molecule has 0 unspecified atom stereocenters. The van der Waals surface area contributed by atoms with Gasteiger partial charge >= 0.3 is 5.97 Å². The largest absolute Gasteiger partial charge is 0.462 e. The van der Waals surface area contributed by atoms with Crippen molar-refractivity contribution in [1.82, 2.24) is 0 Å². The molecule has 3 rings (SSSR count). The van der Waals surface area contributed by atoms with Gasteiger partial charge in [-0.05, 0) is 43.3 Å². The first-order chi connectivity index (χ1) is 12.7. The molecule has 1 aromatic heterocycles. The molecule has 130 valence electrons. The first kappa shape index (κ1) is 17.4. The van der Waals surface area contributed by atoms with E-state index in [0.717, 1.165) is 5.56 Å². The van der Waals surface area contributed by atoms with Gasteiger partial charge in [0.15, 0.2) is 5.78 Å². The van der Waals surface area contributed by atoms with Crippen LogP contribution in [0, 0.1) is 0 Å². The maximum Gasteiger partial charge on any atom is 0.338 e. The van der Waals surface area contributed by atoms with E-state index in [0.29, 0.717) is 29.3 Å². The number of esters is 1. The van der Waals surface area contributed by atoms with Crippen LogP contribution in [0.1, 0.15) is 33.4 Å². The van der Waals surface area contributed by atoms with Crippen molar-refractivity contribution in [2.75, 3.05) is 6.61 Å². The monoisotopic (exact) mass is 346 g/mol. The summed E-state index contributed by atoms with van der Waals surface area (Å²) in [6.45, 7) is 2.11. The van der Waals surface area contributed by atoms with Crippen LogP contribution >= 0.6 is 0 Å². The van der Waals surface area contributed by atoms with Crippen molar-refractivity contribution in [3.05, 3.63) is 89.7 Å². The molecule has 0 atom stereocenters. The van der Waals surface area contributed by atoms with Gasteiger partial charge in [0.2, 0.25) is 0 Å². The van der Waals surface area contributed by atoms with Gasteiger partial charge < -0.3 is 9.15 Å². The molecule has 0 fully saturated rings. The van der Waals surface area contributed by atoms with Crippen LogP contribution < -0.4 is 0 Å². The Kier molecular flexibility index (Phi) is 5.44. The van der Waals surface area contributed by atoms with E-state index in [1.807, 2.05) is 24.3 Å². The number of benzene rings is 2. The molecule has 0 bridgehead atoms. The number of furan rings is 1. The van der Waals surface area contributed by atoms with E-state index in [1.54, 1.807) is 55.5 Å². The molecule has 4 heteroatoms. The maximum absolute atomic E-state index is 12.1. The zero-order valence-corrected chi connectivity index (χ0v) is 14.3. The lowest BCUT2D eigenvalue weighted by Crippen LogP contribution is -2.03. The van der Waals surface area contributed by atoms with Crippen molar-refractivity contribution in [1.29, 1.82) is 0 Å². The van der Waals surface area contributed by atoms with Crippen molar-refractivity contribution in [3.8, 4) is 11.3 Å². The van der Waals surface area contributed by atoms with Crippen molar-refractivity contribution in [3.63, 3.8) is 0 Å². The maximum atomic E-state index is 12.1. The Bertz CT molecular complexity index is 918. The third-order valence-corrected chi connectivity index (χ3v) is 3.76. The fraction of sp³-hybridized carbons (Fsp3) is 0.0909. The molecule has 0 aliphatic carbocycles. The van der Waals surface area contributed by atoms with Gasteiger partial charge in [-0.15, -0.1) is 0 Å². The highest BCUT2D eigenvalue weighted by atomic mass is 16.5. The predicted molar refractivity (Wildman–Crippen MR) is 99.9 cm³/mol. The minimum absolute atomic E-state index is 0.0812. The fourth-order valence-corrected chi connectivity index (χ4v) is 2.44. The molecule has 0 spiro atoms. The van der Waals surface area contributed by atoms with E-state index in [2.05, 4.69) is 0 Å². The van der Waals surface area contributed by atoms with Crippen LogP contribution in [0.3, 0.4) is 0 Å². The summed E-state index contributed by atoms with van der Waals surface area (Å²) in [7, 11) is 0. The molecule has 0 aliphatic rings. The second-order valence-corrected chi connectivity index (χ2v) is 5.56. The number of hydrogen-bond acceptors (Lipinski definition) is 4. The Morgan fingerprint density at radius 1 is 0.923 bits per heavy atom. The molecule has 3 aromatic rings. The summed E-state index contributed by atoms with van der Waals surface area (Å²) in [5.74, 6) is 0.815. The van der Waals surface area contributed by atoms with Gasteiger partial charge in [0, 0.05) is 11.1 Å². The van der Waals surface area contributed by atoms with Crippen LogP contribution in [0.2, 0.25) is 0 Å². The normalized spacial score (nSPS) is 10.8. The Labute approximate surface area is 151 Å². The summed E-state index contributed by atoms with van der Waals surface area (Å²) in [5.41, 5.74) is 1.97. The zero-order valence-electron chi connectivity index (χ0n) is 14.3. The average Bonchev–Trinajstić information content (AvgIpc) is 3.16. The van der Waals surface area contributed by atoms with Gasteiger partial charge in [-0.25, -0.2) is 4.79 Å². The van der Waals surface area contributed by atoms with Crippen LogP contribution in [-0.4, -0.2) is 18.4 Å². The minimum atomic E-state index is -0.346. The molecule has 0 radical (unpaired) electrons. The molecule has 26 heavy (non-hydrogen) atoms. The second kappa shape index (κ2) is 8.12. The lowest BCUT2D eigenvalue weighted by Gasteiger charge is -2.02. The Hall–Kier alpha value is -3.40. The standard InChI is InChI=1S/C22H18O4/c1-2-25-22(24)18-10-8-17(9-11-18)21-15-13-19(26-21)12-14-20(23)16-6-4-3-5-7-16/h3-15H,2H2,1H3/b14-12+. The van der Waals surface area contributed by atoms with Crippen LogP contribution in [0.25, 0.3) is 17.4 Å². The molecule has 2 aromatic carbocycles. The van der Waals surface area contributed by atoms with Gasteiger partial charge in [0.25, 0.3) is 0 Å². The van der Waals surface area contributed by atoms with E-state index < -0.39 is 0 Å². The van der Waals surface area contributed by atoms with Crippen molar-refractivity contribution in [2.45, 2.75) is 6.92 Å². The second-order valence-electron chi connectivity index (χ2n) is 5.56. The molecular weight excluding hydrogens is 328 g/mol. The lowest BCUT2D eigenvalue weighted by atomic mass is 10.1. The summed E-state index contributed by atoms with van der Waals surface area (Å²) >= 11 is 0. The molecule has 0 aliphatic heterocycles. The number of ketones is 1. The first-order valence-corrected chi connectivity index (χ1v) is 8.32. The van der Waals surface area contributed by atoms with Crippen LogP contribution in [0.15, 0.2) is 77.2 Å². The van der Waals surface area contributed by atoms with Gasteiger partial charge in [-0.1, -0.05) is 42.5 Å². The van der Waals surface area contributed by atoms with Gasteiger partial charge in [-0.2, -0.15) is 0 Å². The molecule has 4 nitrogen and oxygen atoms in total. The van der Waals surface area contributed by atoms with Crippen molar-refractivity contribution >= 4 is 17.8 Å².